The van der Waals surface area contributed by atoms with E-state index in [1.54, 1.807) is 7.11 Å². The minimum absolute atomic E-state index is 0.344. The van der Waals surface area contributed by atoms with Crippen LogP contribution in [0, 0.1) is 0 Å². The number of hydrogen-bond donors (Lipinski definition) is 0. The molecule has 0 aliphatic carbocycles. The van der Waals surface area contributed by atoms with Crippen molar-refractivity contribution in [3.8, 4) is 5.75 Å². The van der Waals surface area contributed by atoms with Crippen LogP contribution in [0.25, 0.3) is 10.9 Å². The van der Waals surface area contributed by atoms with E-state index in [9.17, 15) is 4.79 Å². The van der Waals surface area contributed by atoms with Crippen LogP contribution in [0.3, 0.4) is 0 Å². The number of ether oxygens (including phenoxy) is 2. The molecule has 136 valence electrons. The van der Waals surface area contributed by atoms with Crippen molar-refractivity contribution in [2.45, 2.75) is 32.9 Å². The highest BCUT2D eigenvalue weighted by molar-refractivity contribution is 9.10. The normalized spacial score (nSPS) is 11.6. The number of nitrogens with zero attached hydrogens (tertiary/aromatic N) is 1. The van der Waals surface area contributed by atoms with Gasteiger partial charge in [-0.25, -0.2) is 4.79 Å². The maximum Gasteiger partial charge on any atom is 0.356 e. The van der Waals surface area contributed by atoms with Crippen LogP contribution in [-0.2, 0) is 11.3 Å². The Balaban J connectivity index is 2.13. The minimum Gasteiger partial charge on any atom is -0.497 e. The van der Waals surface area contributed by atoms with E-state index in [0.717, 1.165) is 26.7 Å². The van der Waals surface area contributed by atoms with E-state index < -0.39 is 5.60 Å². The maximum absolute atomic E-state index is 12.9. The Hall–Kier alpha value is -2.27. The van der Waals surface area contributed by atoms with Gasteiger partial charge in [0, 0.05) is 11.9 Å². The van der Waals surface area contributed by atoms with Gasteiger partial charge in [0.2, 0.25) is 0 Å². The van der Waals surface area contributed by atoms with Gasteiger partial charge in [-0.3, -0.25) is 0 Å². The number of para-hydroxylation sites is 1. The molecule has 0 unspecified atom stereocenters. The van der Waals surface area contributed by atoms with Crippen molar-refractivity contribution in [3.63, 3.8) is 0 Å². The lowest BCUT2D eigenvalue weighted by Crippen LogP contribution is -2.25. The number of aromatic nitrogens is 1. The van der Waals surface area contributed by atoms with Crippen molar-refractivity contribution in [2.24, 2.45) is 0 Å². The quantitative estimate of drug-likeness (QED) is 0.534. The molecule has 0 N–H and O–H groups in total. The highest BCUT2D eigenvalue weighted by Crippen LogP contribution is 2.33. The van der Waals surface area contributed by atoms with E-state index in [4.69, 9.17) is 9.47 Å². The summed E-state index contributed by atoms with van der Waals surface area (Å²) in [6.07, 6.45) is 0. The molecule has 3 aromatic rings. The van der Waals surface area contributed by atoms with Gasteiger partial charge < -0.3 is 14.0 Å². The SMILES string of the molecule is COc1cccc(Cn2c(C(=O)OC(C)(C)C)c(Br)c3ccccc32)c1. The molecule has 0 bridgehead atoms. The van der Waals surface area contributed by atoms with Gasteiger partial charge in [-0.05, 0) is 60.5 Å². The first-order valence-corrected chi connectivity index (χ1v) is 9.22. The van der Waals surface area contributed by atoms with Crippen molar-refractivity contribution in [1.82, 2.24) is 4.57 Å². The Morgan fingerprint density at radius 3 is 2.54 bits per heavy atom. The first kappa shape index (κ1) is 18.5. The summed E-state index contributed by atoms with van der Waals surface area (Å²) in [5.74, 6) is 0.445. The molecule has 0 fully saturated rings. The largest absolute Gasteiger partial charge is 0.497 e. The van der Waals surface area contributed by atoms with Gasteiger partial charge in [0.05, 0.1) is 17.1 Å². The van der Waals surface area contributed by atoms with Crippen LogP contribution in [0.1, 0.15) is 36.8 Å². The van der Waals surface area contributed by atoms with E-state index in [0.29, 0.717) is 12.2 Å². The average molecular weight is 416 g/mol. The van der Waals surface area contributed by atoms with Crippen LogP contribution < -0.4 is 4.74 Å². The van der Waals surface area contributed by atoms with Crippen LogP contribution in [0.4, 0.5) is 0 Å². The Kier molecular flexibility index (Phi) is 5.10. The fraction of sp³-hybridized carbons (Fsp3) is 0.286. The topological polar surface area (TPSA) is 40.5 Å². The van der Waals surface area contributed by atoms with Crippen molar-refractivity contribution in [2.75, 3.05) is 7.11 Å². The van der Waals surface area contributed by atoms with Gasteiger partial charge in [0.25, 0.3) is 0 Å². The third-order valence-corrected chi connectivity index (χ3v) is 4.78. The van der Waals surface area contributed by atoms with Gasteiger partial charge in [0.15, 0.2) is 0 Å². The third-order valence-electron chi connectivity index (χ3n) is 3.98. The first-order chi connectivity index (χ1) is 12.3. The van der Waals surface area contributed by atoms with Gasteiger partial charge in [0.1, 0.15) is 17.0 Å². The van der Waals surface area contributed by atoms with E-state index in [1.807, 2.05) is 73.9 Å². The second-order valence-corrected chi connectivity index (χ2v) is 7.91. The molecule has 0 amide bonds. The van der Waals surface area contributed by atoms with Crippen LogP contribution in [0.2, 0.25) is 0 Å². The summed E-state index contributed by atoms with van der Waals surface area (Å²) in [4.78, 5) is 12.9. The number of hydrogen-bond acceptors (Lipinski definition) is 3. The lowest BCUT2D eigenvalue weighted by Gasteiger charge is -2.20. The number of benzene rings is 2. The lowest BCUT2D eigenvalue weighted by molar-refractivity contribution is 0.00576. The third kappa shape index (κ3) is 3.78. The number of carbonyl (C=O) groups excluding carboxylic acids is 1. The zero-order chi connectivity index (χ0) is 18.9. The predicted octanol–water partition coefficient (Wildman–Crippen LogP) is 5.42. The number of esters is 1. The highest BCUT2D eigenvalue weighted by Gasteiger charge is 2.26. The second kappa shape index (κ2) is 7.16. The van der Waals surface area contributed by atoms with E-state index in [1.165, 1.54) is 0 Å². The molecule has 0 aliphatic rings. The minimum atomic E-state index is -0.562. The highest BCUT2D eigenvalue weighted by atomic mass is 79.9. The summed E-state index contributed by atoms with van der Waals surface area (Å²) in [5, 5.41) is 0.983. The fourth-order valence-electron chi connectivity index (χ4n) is 2.90. The van der Waals surface area contributed by atoms with Crippen molar-refractivity contribution in [3.05, 3.63) is 64.3 Å². The Bertz CT molecular complexity index is 954. The first-order valence-electron chi connectivity index (χ1n) is 8.43. The summed E-state index contributed by atoms with van der Waals surface area (Å²) >= 11 is 3.61. The summed E-state index contributed by atoms with van der Waals surface area (Å²) in [6, 6.07) is 15.8. The lowest BCUT2D eigenvalue weighted by atomic mass is 10.2. The van der Waals surface area contributed by atoms with Gasteiger partial charge in [-0.2, -0.15) is 0 Å². The van der Waals surface area contributed by atoms with Crippen LogP contribution >= 0.6 is 15.9 Å². The van der Waals surface area contributed by atoms with E-state index in [-0.39, 0.29) is 5.97 Å². The summed E-state index contributed by atoms with van der Waals surface area (Å²) in [5.41, 5.74) is 1.97. The van der Waals surface area contributed by atoms with Gasteiger partial charge in [-0.15, -0.1) is 0 Å². The molecule has 1 heterocycles. The number of methoxy groups -OCH3 is 1. The molecule has 2 aromatic carbocycles. The van der Waals surface area contributed by atoms with Crippen molar-refractivity contribution in [1.29, 1.82) is 0 Å². The molecule has 1 aromatic heterocycles. The average Bonchev–Trinajstić information content (AvgIpc) is 2.86. The number of carbonyl (C=O) groups is 1. The summed E-state index contributed by atoms with van der Waals surface area (Å²) < 4.78 is 13.7. The monoisotopic (exact) mass is 415 g/mol. The maximum atomic E-state index is 12.9. The molecule has 26 heavy (non-hydrogen) atoms. The molecule has 0 saturated heterocycles. The van der Waals surface area contributed by atoms with Crippen LogP contribution in [0.15, 0.2) is 53.0 Å². The summed E-state index contributed by atoms with van der Waals surface area (Å²) in [6.45, 7) is 6.15. The van der Waals surface area contributed by atoms with E-state index in [2.05, 4.69) is 15.9 Å². The zero-order valence-electron chi connectivity index (χ0n) is 15.4. The molecular formula is C21H22BrNO3. The molecule has 0 spiro atoms. The van der Waals surface area contributed by atoms with Gasteiger partial charge >= 0.3 is 5.97 Å². The zero-order valence-corrected chi connectivity index (χ0v) is 17.0. The second-order valence-electron chi connectivity index (χ2n) is 7.12. The number of rotatable bonds is 4. The molecule has 0 aliphatic heterocycles. The Labute approximate surface area is 161 Å². The van der Waals surface area contributed by atoms with E-state index >= 15 is 0 Å². The molecule has 3 rings (SSSR count). The van der Waals surface area contributed by atoms with Crippen molar-refractivity contribution >= 4 is 32.8 Å². The Morgan fingerprint density at radius 1 is 1.12 bits per heavy atom. The molecule has 0 saturated carbocycles. The van der Waals surface area contributed by atoms with Gasteiger partial charge in [-0.1, -0.05) is 30.3 Å². The molecule has 4 nitrogen and oxygen atoms in total. The smallest absolute Gasteiger partial charge is 0.356 e. The van der Waals surface area contributed by atoms with Crippen LogP contribution in [-0.4, -0.2) is 23.2 Å². The molecular weight excluding hydrogens is 394 g/mol. The number of fused-ring (bicyclic) bond motifs is 1. The number of halogens is 1. The Morgan fingerprint density at radius 2 is 1.85 bits per heavy atom. The molecule has 0 atom stereocenters. The summed E-state index contributed by atoms with van der Waals surface area (Å²) in [7, 11) is 1.65. The standard InChI is InChI=1S/C21H22BrNO3/c1-21(2,3)26-20(24)19-18(22)16-10-5-6-11-17(16)23(19)13-14-8-7-9-15(12-14)25-4/h5-12H,13H2,1-4H3. The van der Waals surface area contributed by atoms with Crippen LogP contribution in [0.5, 0.6) is 5.75 Å². The molecule has 0 radical (unpaired) electrons. The molecule has 5 heteroatoms. The van der Waals surface area contributed by atoms with Crippen molar-refractivity contribution < 1.29 is 14.3 Å². The predicted molar refractivity (Wildman–Crippen MR) is 107 cm³/mol. The fourth-order valence-corrected chi connectivity index (χ4v) is 3.62.